The van der Waals surface area contributed by atoms with Gasteiger partial charge in [0.05, 0.1) is 34.5 Å². The Labute approximate surface area is 139 Å². The smallest absolute Gasteiger partial charge is 0.191 e. The van der Waals surface area contributed by atoms with Gasteiger partial charge in [0.25, 0.3) is 0 Å². The van der Waals surface area contributed by atoms with Gasteiger partial charge in [-0.1, -0.05) is 6.92 Å². The number of nitrogens with one attached hydrogen (secondary N) is 2. The van der Waals surface area contributed by atoms with Crippen molar-refractivity contribution in [1.29, 1.82) is 0 Å². The van der Waals surface area contributed by atoms with Crippen LogP contribution in [0.4, 0.5) is 0 Å². The van der Waals surface area contributed by atoms with Crippen LogP contribution in [0.15, 0.2) is 10.4 Å². The molecule has 2 N–H and O–H groups in total. The van der Waals surface area contributed by atoms with Gasteiger partial charge < -0.3 is 10.6 Å². The molecule has 0 saturated carbocycles. The molecule has 120 valence electrons. The van der Waals surface area contributed by atoms with Crippen molar-refractivity contribution < 1.29 is 0 Å². The van der Waals surface area contributed by atoms with Gasteiger partial charge in [-0.25, -0.2) is 15.0 Å². The molecule has 0 fully saturated rings. The van der Waals surface area contributed by atoms with E-state index in [1.165, 1.54) is 9.88 Å². The number of hydrogen-bond acceptors (Lipinski definition) is 5. The van der Waals surface area contributed by atoms with Crippen molar-refractivity contribution in [2.24, 2.45) is 4.99 Å². The Morgan fingerprint density at radius 2 is 2.05 bits per heavy atom. The minimum absolute atomic E-state index is 0.604. The molecule has 0 amide bonds. The first kappa shape index (κ1) is 16.9. The first-order chi connectivity index (χ1) is 10.6. The van der Waals surface area contributed by atoms with E-state index in [1.807, 2.05) is 13.8 Å². The van der Waals surface area contributed by atoms with Gasteiger partial charge in [-0.05, 0) is 27.2 Å². The van der Waals surface area contributed by atoms with Gasteiger partial charge in [0, 0.05) is 16.8 Å². The third-order valence-electron chi connectivity index (χ3n) is 3.06. The number of nitrogens with zero attached hydrogens (tertiary/aromatic N) is 3. The van der Waals surface area contributed by atoms with Gasteiger partial charge in [-0.15, -0.1) is 22.7 Å². The normalized spacial score (nSPS) is 11.7. The molecule has 7 heteroatoms. The maximum Gasteiger partial charge on any atom is 0.191 e. The highest BCUT2D eigenvalue weighted by Crippen LogP contribution is 2.16. The van der Waals surface area contributed by atoms with Crippen LogP contribution < -0.4 is 10.6 Å². The third-order valence-corrected chi connectivity index (χ3v) is 5.18. The molecule has 0 saturated heterocycles. The van der Waals surface area contributed by atoms with Crippen molar-refractivity contribution >= 4 is 28.6 Å². The predicted molar refractivity (Wildman–Crippen MR) is 94.7 cm³/mol. The largest absolute Gasteiger partial charge is 0.357 e. The minimum atomic E-state index is 0.604. The Morgan fingerprint density at radius 3 is 2.64 bits per heavy atom. The highest BCUT2D eigenvalue weighted by molar-refractivity contribution is 7.11. The van der Waals surface area contributed by atoms with Crippen LogP contribution in [0.1, 0.15) is 40.1 Å². The quantitative estimate of drug-likeness (QED) is 0.628. The van der Waals surface area contributed by atoms with Gasteiger partial charge in [0.2, 0.25) is 0 Å². The molecule has 2 heterocycles. The van der Waals surface area contributed by atoms with Crippen molar-refractivity contribution in [1.82, 2.24) is 20.6 Å². The second-order valence-electron chi connectivity index (χ2n) is 4.88. The standard InChI is InChI=1S/C15H23N5S2/c1-5-14-20-12(9-21-14)7-17-15(16-6-2)18-8-13-10(3)19-11(4)22-13/h9H,5-8H2,1-4H3,(H2,16,17,18). The Bertz CT molecular complexity index is 630. The molecule has 0 radical (unpaired) electrons. The summed E-state index contributed by atoms with van der Waals surface area (Å²) in [5.41, 5.74) is 2.13. The van der Waals surface area contributed by atoms with Crippen LogP contribution >= 0.6 is 22.7 Å². The van der Waals surface area contributed by atoms with Gasteiger partial charge in [0.1, 0.15) is 0 Å². The van der Waals surface area contributed by atoms with Crippen molar-refractivity contribution in [3.63, 3.8) is 0 Å². The highest BCUT2D eigenvalue weighted by Gasteiger charge is 2.06. The van der Waals surface area contributed by atoms with Crippen LogP contribution in [0.2, 0.25) is 0 Å². The molecule has 0 atom stereocenters. The maximum absolute atomic E-state index is 4.61. The number of hydrogen-bond donors (Lipinski definition) is 2. The van der Waals surface area contributed by atoms with E-state index in [1.54, 1.807) is 22.7 Å². The molecule has 0 aliphatic heterocycles. The zero-order chi connectivity index (χ0) is 15.9. The summed E-state index contributed by atoms with van der Waals surface area (Å²) in [5.74, 6) is 0.819. The van der Waals surface area contributed by atoms with Crippen molar-refractivity contribution in [2.45, 2.75) is 47.2 Å². The van der Waals surface area contributed by atoms with E-state index >= 15 is 0 Å². The lowest BCUT2D eigenvalue weighted by Gasteiger charge is -2.10. The summed E-state index contributed by atoms with van der Waals surface area (Å²) in [6.07, 6.45) is 0.983. The number of rotatable bonds is 6. The minimum Gasteiger partial charge on any atom is -0.357 e. The summed E-state index contributed by atoms with van der Waals surface area (Å²) < 4.78 is 0. The summed E-state index contributed by atoms with van der Waals surface area (Å²) in [6, 6.07) is 0. The number of aryl methyl sites for hydroxylation is 3. The van der Waals surface area contributed by atoms with Crippen LogP contribution in [0.25, 0.3) is 0 Å². The van der Waals surface area contributed by atoms with E-state index in [4.69, 9.17) is 0 Å². The molecule has 0 spiro atoms. The molecule has 0 aromatic carbocycles. The van der Waals surface area contributed by atoms with Crippen molar-refractivity contribution in [3.8, 4) is 0 Å². The number of aromatic nitrogens is 2. The van der Waals surface area contributed by atoms with Crippen LogP contribution in [-0.4, -0.2) is 22.5 Å². The molecule has 0 unspecified atom stereocenters. The van der Waals surface area contributed by atoms with Gasteiger partial charge in [-0.2, -0.15) is 0 Å². The molecule has 5 nitrogen and oxygen atoms in total. The monoisotopic (exact) mass is 337 g/mol. The third kappa shape index (κ3) is 4.78. The maximum atomic E-state index is 4.61. The summed E-state index contributed by atoms with van der Waals surface area (Å²) in [7, 11) is 0. The Hall–Kier alpha value is -1.47. The topological polar surface area (TPSA) is 62.2 Å². The Kier molecular flexibility index (Phi) is 6.33. The van der Waals surface area contributed by atoms with E-state index in [0.29, 0.717) is 6.54 Å². The first-order valence-corrected chi connectivity index (χ1v) is 9.20. The van der Waals surface area contributed by atoms with Gasteiger partial charge >= 0.3 is 0 Å². The van der Waals surface area contributed by atoms with Crippen LogP contribution in [0, 0.1) is 13.8 Å². The fourth-order valence-corrected chi connectivity index (χ4v) is 3.60. The zero-order valence-corrected chi connectivity index (χ0v) is 15.2. The number of thiazole rings is 2. The second kappa shape index (κ2) is 8.24. The number of aliphatic imine (C=N–C) groups is 1. The molecule has 2 aromatic rings. The van der Waals surface area contributed by atoms with E-state index in [9.17, 15) is 0 Å². The summed E-state index contributed by atoms with van der Waals surface area (Å²) in [6.45, 7) is 10.5. The summed E-state index contributed by atoms with van der Waals surface area (Å²) >= 11 is 3.43. The second-order valence-corrected chi connectivity index (χ2v) is 7.11. The Balaban J connectivity index is 1.96. The highest BCUT2D eigenvalue weighted by atomic mass is 32.1. The lowest BCUT2D eigenvalue weighted by Crippen LogP contribution is -2.36. The average Bonchev–Trinajstić information content (AvgIpc) is 3.08. The summed E-state index contributed by atoms with van der Waals surface area (Å²) in [5, 5.41) is 11.0. The van der Waals surface area contributed by atoms with E-state index in [0.717, 1.165) is 41.9 Å². The van der Waals surface area contributed by atoms with E-state index in [2.05, 4.69) is 44.8 Å². The molecule has 0 aliphatic rings. The predicted octanol–water partition coefficient (Wildman–Crippen LogP) is 3.03. The lowest BCUT2D eigenvalue weighted by molar-refractivity contribution is 0.814. The molecule has 0 bridgehead atoms. The van der Waals surface area contributed by atoms with E-state index < -0.39 is 0 Å². The van der Waals surface area contributed by atoms with Crippen molar-refractivity contribution in [3.05, 3.63) is 31.7 Å². The van der Waals surface area contributed by atoms with Gasteiger partial charge in [-0.3, -0.25) is 0 Å². The van der Waals surface area contributed by atoms with Crippen LogP contribution in [0.5, 0.6) is 0 Å². The van der Waals surface area contributed by atoms with E-state index in [-0.39, 0.29) is 0 Å². The Morgan fingerprint density at radius 1 is 1.23 bits per heavy atom. The molecular formula is C15H23N5S2. The van der Waals surface area contributed by atoms with Crippen molar-refractivity contribution in [2.75, 3.05) is 6.54 Å². The molecule has 22 heavy (non-hydrogen) atoms. The molecule has 2 aromatic heterocycles. The zero-order valence-electron chi connectivity index (χ0n) is 13.6. The van der Waals surface area contributed by atoms with Crippen LogP contribution in [-0.2, 0) is 19.5 Å². The first-order valence-electron chi connectivity index (χ1n) is 7.50. The SMILES string of the molecule is CCNC(=NCc1csc(CC)n1)NCc1sc(C)nc1C. The average molecular weight is 338 g/mol. The van der Waals surface area contributed by atoms with Gasteiger partial charge in [0.15, 0.2) is 5.96 Å². The fourth-order valence-electron chi connectivity index (χ4n) is 1.99. The number of guanidine groups is 1. The van der Waals surface area contributed by atoms with Crippen LogP contribution in [0.3, 0.4) is 0 Å². The molecule has 0 aliphatic carbocycles. The molecule has 2 rings (SSSR count). The summed E-state index contributed by atoms with van der Waals surface area (Å²) in [4.78, 5) is 14.9. The fraction of sp³-hybridized carbons (Fsp3) is 0.533. The lowest BCUT2D eigenvalue weighted by atomic mass is 10.4. The molecular weight excluding hydrogens is 314 g/mol.